The van der Waals surface area contributed by atoms with Gasteiger partial charge in [0.2, 0.25) is 23.7 Å². The van der Waals surface area contributed by atoms with Gasteiger partial charge in [-0.2, -0.15) is 24.9 Å². The number of carbonyl (C=O) groups excluding carboxylic acids is 1. The molecule has 61 heavy (non-hydrogen) atoms. The SMILES string of the molecule is COCC[C@@H](CO)Cn1cnc2c(=O)[nH]c(N)nc21.COCC[C@@H](CO)Cn1cnc2c(OC)nc(N)nc21.COCC[C@@H](COC(C)=O)Cn1cnc2c(Cl)nc(N)nc21. The molecule has 0 fully saturated rings. The van der Waals surface area contributed by atoms with Gasteiger partial charge in [0.15, 0.2) is 33.1 Å². The molecule has 24 nitrogen and oxygen atoms in total. The molecule has 6 rings (SSSR count). The van der Waals surface area contributed by atoms with E-state index in [1.165, 1.54) is 20.4 Å². The minimum Gasteiger partial charge on any atom is -0.479 e. The molecule has 0 spiro atoms. The number of nitrogens with zero attached hydrogens (tertiary/aromatic N) is 11. The molecule has 0 unspecified atom stereocenters. The summed E-state index contributed by atoms with van der Waals surface area (Å²) in [5.74, 6) is 0.458. The minimum absolute atomic E-state index is 0.0136. The molecule has 0 bridgehead atoms. The van der Waals surface area contributed by atoms with Crippen molar-refractivity contribution in [3.8, 4) is 5.88 Å². The highest BCUT2D eigenvalue weighted by molar-refractivity contribution is 6.33. The lowest BCUT2D eigenvalue weighted by molar-refractivity contribution is -0.142. The number of imidazole rings is 3. The molecule has 334 valence electrons. The summed E-state index contributed by atoms with van der Waals surface area (Å²) < 4.78 is 30.7. The van der Waals surface area contributed by atoms with E-state index in [2.05, 4.69) is 44.9 Å². The number of hydrogen-bond acceptors (Lipinski definition) is 20. The number of carbonyl (C=O) groups is 1. The number of nitrogens with one attached hydrogen (secondary N) is 1. The molecule has 6 aromatic heterocycles. The lowest BCUT2D eigenvalue weighted by Gasteiger charge is -2.17. The molecule has 3 atom stereocenters. The Morgan fingerprint density at radius 1 is 0.705 bits per heavy atom. The molecule has 0 aliphatic rings. The number of methoxy groups -OCH3 is 4. The number of aliphatic hydroxyl groups is 2. The van der Waals surface area contributed by atoms with Gasteiger partial charge in [0.25, 0.3) is 5.56 Å². The van der Waals surface area contributed by atoms with E-state index in [9.17, 15) is 19.8 Å². The molecule has 25 heteroatoms. The van der Waals surface area contributed by atoms with Gasteiger partial charge in [-0.1, -0.05) is 11.6 Å². The Balaban J connectivity index is 0.000000202. The van der Waals surface area contributed by atoms with Crippen LogP contribution >= 0.6 is 11.6 Å². The maximum absolute atomic E-state index is 11.6. The second-order valence-corrected chi connectivity index (χ2v) is 14.1. The van der Waals surface area contributed by atoms with Gasteiger partial charge in [0, 0.05) is 98.7 Å². The van der Waals surface area contributed by atoms with Crippen molar-refractivity contribution in [2.24, 2.45) is 17.8 Å². The van der Waals surface area contributed by atoms with Crippen LogP contribution in [0.2, 0.25) is 5.15 Å². The Morgan fingerprint density at radius 2 is 1.16 bits per heavy atom. The van der Waals surface area contributed by atoms with E-state index in [1.807, 2.05) is 9.13 Å². The van der Waals surface area contributed by atoms with Gasteiger partial charge in [0.05, 0.1) is 32.7 Å². The number of ether oxygens (including phenoxy) is 5. The Morgan fingerprint density at radius 3 is 1.67 bits per heavy atom. The first-order valence-corrected chi connectivity index (χ1v) is 19.4. The standard InChI is InChI=1S/C13H18ClN5O3.C12H19N5O3.C11H17N5O3/c1-8(20)22-6-9(3-4-21-2)5-19-7-16-10-11(14)17-13(15)18-12(10)19;1-19-4-3-8(6-18)5-17-7-14-9-10(17)15-12(13)16-11(9)20-2;1-19-3-2-7(5-17)4-16-6-13-8-9(16)14-11(12)15-10(8)18/h7,9H,3-6H2,1-2H3,(H2,15,17,18);7-8,18H,3-6H2,1-2H3,(H2,13,15,16);6-7,17H,2-5H2,1H3,(H3,12,14,15,18)/t9-;8-;7-/m111/s1. The normalized spacial score (nSPS) is 12.7. The third-order valence-corrected chi connectivity index (χ3v) is 9.43. The predicted octanol–water partition coefficient (Wildman–Crippen LogP) is 0.687. The first-order chi connectivity index (χ1) is 29.3. The van der Waals surface area contributed by atoms with E-state index in [0.717, 1.165) is 12.8 Å². The van der Waals surface area contributed by atoms with E-state index >= 15 is 0 Å². The van der Waals surface area contributed by atoms with Crippen LogP contribution in [0.25, 0.3) is 33.5 Å². The highest BCUT2D eigenvalue weighted by Crippen LogP contribution is 2.23. The topological polar surface area (TPSA) is 333 Å². The zero-order valence-corrected chi connectivity index (χ0v) is 35.5. The number of rotatable bonds is 20. The summed E-state index contributed by atoms with van der Waals surface area (Å²) >= 11 is 6.00. The van der Waals surface area contributed by atoms with Gasteiger partial charge in [0.1, 0.15) is 5.52 Å². The molecule has 0 aromatic carbocycles. The first-order valence-electron chi connectivity index (χ1n) is 19.0. The Labute approximate surface area is 354 Å². The van der Waals surface area contributed by atoms with Gasteiger partial charge >= 0.3 is 5.97 Å². The van der Waals surface area contributed by atoms with Gasteiger partial charge in [-0.05, 0) is 19.3 Å². The van der Waals surface area contributed by atoms with Crippen LogP contribution < -0.4 is 27.5 Å². The molecule has 0 amide bonds. The van der Waals surface area contributed by atoms with Crippen molar-refractivity contribution in [2.75, 3.05) is 85.3 Å². The number of aliphatic hydroxyl groups excluding tert-OH is 2. The fourth-order valence-electron chi connectivity index (χ4n) is 6.01. The average Bonchev–Trinajstić information content (AvgIpc) is 3.96. The second kappa shape index (κ2) is 23.9. The third kappa shape index (κ3) is 13.6. The molecule has 6 aromatic rings. The summed E-state index contributed by atoms with van der Waals surface area (Å²) in [6, 6.07) is 0. The van der Waals surface area contributed by atoms with Crippen molar-refractivity contribution >= 4 is 68.9 Å². The summed E-state index contributed by atoms with van der Waals surface area (Å²) in [6.07, 6.45) is 7.00. The van der Waals surface area contributed by atoms with E-state index in [4.69, 9.17) is 52.5 Å². The maximum Gasteiger partial charge on any atom is 0.302 e. The zero-order chi connectivity index (χ0) is 44.5. The molecule has 0 radical (unpaired) electrons. The van der Waals surface area contributed by atoms with Crippen LogP contribution in [-0.2, 0) is 43.4 Å². The van der Waals surface area contributed by atoms with Gasteiger partial charge < -0.3 is 64.8 Å². The zero-order valence-electron chi connectivity index (χ0n) is 34.7. The molecule has 0 aliphatic heterocycles. The summed E-state index contributed by atoms with van der Waals surface area (Å²) in [5.41, 5.74) is 19.3. The molecule has 0 aliphatic carbocycles. The quantitative estimate of drug-likeness (QED) is 0.0454. The largest absolute Gasteiger partial charge is 0.479 e. The number of nitrogen functional groups attached to an aromatic ring is 3. The molecule has 0 saturated carbocycles. The highest BCUT2D eigenvalue weighted by atomic mass is 35.5. The van der Waals surface area contributed by atoms with Crippen molar-refractivity contribution in [1.82, 2.24) is 58.6 Å². The lowest BCUT2D eigenvalue weighted by atomic mass is 10.1. The van der Waals surface area contributed by atoms with Crippen molar-refractivity contribution in [3.05, 3.63) is 34.5 Å². The van der Waals surface area contributed by atoms with Crippen LogP contribution in [0.1, 0.15) is 26.2 Å². The number of H-pyrrole nitrogens is 1. The van der Waals surface area contributed by atoms with Crippen molar-refractivity contribution in [3.63, 3.8) is 0 Å². The minimum atomic E-state index is -0.362. The number of esters is 1. The number of halogens is 1. The number of aromatic amines is 1. The van der Waals surface area contributed by atoms with Crippen LogP contribution in [0.15, 0.2) is 23.8 Å². The summed E-state index contributed by atoms with van der Waals surface area (Å²) in [5, 5.41) is 19.0. The highest BCUT2D eigenvalue weighted by Gasteiger charge is 2.18. The molecule has 6 heterocycles. The van der Waals surface area contributed by atoms with Gasteiger partial charge in [-0.15, -0.1) is 0 Å². The molecule has 9 N–H and O–H groups in total. The Bertz CT molecular complexity index is 2350. The average molecular weight is 876 g/mol. The third-order valence-electron chi connectivity index (χ3n) is 9.17. The van der Waals surface area contributed by atoms with Crippen LogP contribution in [0, 0.1) is 17.8 Å². The molecular formula is C36H54ClN15O9. The van der Waals surface area contributed by atoms with Gasteiger partial charge in [-0.3, -0.25) is 14.6 Å². The van der Waals surface area contributed by atoms with Crippen molar-refractivity contribution in [1.29, 1.82) is 0 Å². The smallest absolute Gasteiger partial charge is 0.302 e. The van der Waals surface area contributed by atoms with E-state index in [1.54, 1.807) is 38.6 Å². The molecular weight excluding hydrogens is 822 g/mol. The van der Waals surface area contributed by atoms with E-state index in [-0.39, 0.29) is 71.0 Å². The van der Waals surface area contributed by atoms with Crippen LogP contribution in [0.4, 0.5) is 17.8 Å². The van der Waals surface area contributed by atoms with Crippen LogP contribution in [0.3, 0.4) is 0 Å². The summed E-state index contributed by atoms with van der Waals surface area (Å²) in [4.78, 5) is 57.7. The van der Waals surface area contributed by atoms with Crippen LogP contribution in [0.5, 0.6) is 5.88 Å². The number of fused-ring (bicyclic) bond motifs is 3. The summed E-state index contributed by atoms with van der Waals surface area (Å²) in [7, 11) is 6.39. The summed E-state index contributed by atoms with van der Waals surface area (Å²) in [6.45, 7) is 5.15. The Kier molecular flexibility index (Phi) is 18.7. The number of aromatic nitrogens is 12. The lowest BCUT2D eigenvalue weighted by Crippen LogP contribution is -2.20. The van der Waals surface area contributed by atoms with Gasteiger partial charge in [-0.25, -0.2) is 15.0 Å². The first kappa shape index (κ1) is 47.9. The fraction of sp³-hybridized carbons (Fsp3) is 0.556. The van der Waals surface area contributed by atoms with Crippen LogP contribution in [-0.4, -0.2) is 143 Å². The van der Waals surface area contributed by atoms with E-state index < -0.39 is 0 Å². The number of nitrogens with two attached hydrogens (primary N) is 3. The monoisotopic (exact) mass is 875 g/mol. The number of hydrogen-bond donors (Lipinski definition) is 6. The fourth-order valence-corrected chi connectivity index (χ4v) is 6.23. The van der Waals surface area contributed by atoms with E-state index in [0.29, 0.717) is 86.3 Å². The second-order valence-electron chi connectivity index (χ2n) is 13.7. The predicted molar refractivity (Wildman–Crippen MR) is 224 cm³/mol. The van der Waals surface area contributed by atoms with Crippen molar-refractivity contribution in [2.45, 2.75) is 45.8 Å². The molecule has 0 saturated heterocycles. The van der Waals surface area contributed by atoms with Crippen molar-refractivity contribution < 1.29 is 38.7 Å². The maximum atomic E-state index is 11.6. The number of anilines is 3. The Hall–Kier alpha value is -5.79.